The molecule has 0 saturated carbocycles. The lowest BCUT2D eigenvalue weighted by molar-refractivity contribution is 0.0379. The Bertz CT molecular complexity index is 953. The van der Waals surface area contributed by atoms with Crippen LogP contribution in [0, 0.1) is 6.92 Å². The summed E-state index contributed by atoms with van der Waals surface area (Å²) in [5.74, 6) is -0.0282. The fraction of sp³-hybridized carbons (Fsp3) is 0.200. The Balaban J connectivity index is 2.29. The van der Waals surface area contributed by atoms with Crippen molar-refractivity contribution in [1.82, 2.24) is 0 Å². The van der Waals surface area contributed by atoms with E-state index in [1.165, 1.54) is 0 Å². The van der Waals surface area contributed by atoms with E-state index in [-0.39, 0.29) is 22.7 Å². The van der Waals surface area contributed by atoms with Gasteiger partial charge in [0.15, 0.2) is 11.0 Å². The van der Waals surface area contributed by atoms with Crippen molar-refractivity contribution >= 4 is 16.9 Å². The van der Waals surface area contributed by atoms with E-state index in [2.05, 4.69) is 0 Å². The lowest BCUT2D eigenvalue weighted by Gasteiger charge is -2.11. The van der Waals surface area contributed by atoms with E-state index in [4.69, 9.17) is 9.15 Å². The maximum atomic E-state index is 12.7. The summed E-state index contributed by atoms with van der Waals surface area (Å²) in [4.78, 5) is 25.0. The van der Waals surface area contributed by atoms with E-state index in [0.29, 0.717) is 16.7 Å². The van der Waals surface area contributed by atoms with Crippen molar-refractivity contribution in [2.75, 3.05) is 0 Å². The van der Waals surface area contributed by atoms with Gasteiger partial charge in [0, 0.05) is 11.1 Å². The fourth-order valence-electron chi connectivity index (χ4n) is 2.61. The summed E-state index contributed by atoms with van der Waals surface area (Å²) >= 11 is 0. The SMILES string of the molecule is Cc1c(-c2ccccc2)oc2c(C(=O)OC(C)C)cccc2c1=O. The van der Waals surface area contributed by atoms with Crippen LogP contribution in [0.3, 0.4) is 0 Å². The molecule has 1 aromatic heterocycles. The van der Waals surface area contributed by atoms with Gasteiger partial charge < -0.3 is 9.15 Å². The van der Waals surface area contributed by atoms with Gasteiger partial charge in [0.1, 0.15) is 11.3 Å². The summed E-state index contributed by atoms with van der Waals surface area (Å²) in [6, 6.07) is 14.3. The molecule has 4 heteroatoms. The number of ether oxygens (including phenoxy) is 1. The highest BCUT2D eigenvalue weighted by molar-refractivity contribution is 6.02. The molecule has 0 bridgehead atoms. The Hall–Kier alpha value is -2.88. The molecule has 3 aromatic rings. The summed E-state index contributed by atoms with van der Waals surface area (Å²) in [5, 5.41) is 0.380. The zero-order valence-electron chi connectivity index (χ0n) is 13.8. The Kier molecular flexibility index (Phi) is 4.21. The first-order valence-corrected chi connectivity index (χ1v) is 7.82. The monoisotopic (exact) mass is 322 g/mol. The fourth-order valence-corrected chi connectivity index (χ4v) is 2.61. The van der Waals surface area contributed by atoms with Crippen LogP contribution in [0.25, 0.3) is 22.3 Å². The van der Waals surface area contributed by atoms with E-state index in [9.17, 15) is 9.59 Å². The molecule has 0 atom stereocenters. The molecule has 24 heavy (non-hydrogen) atoms. The summed E-state index contributed by atoms with van der Waals surface area (Å²) in [5.41, 5.74) is 1.69. The molecular formula is C20H18O4. The van der Waals surface area contributed by atoms with E-state index >= 15 is 0 Å². The van der Waals surface area contributed by atoms with Crippen LogP contribution in [0.5, 0.6) is 0 Å². The Labute approximate surface area is 139 Å². The molecule has 3 rings (SSSR count). The maximum absolute atomic E-state index is 12.7. The molecule has 0 saturated heterocycles. The van der Waals surface area contributed by atoms with Gasteiger partial charge in [-0.25, -0.2) is 4.79 Å². The minimum Gasteiger partial charge on any atom is -0.459 e. The van der Waals surface area contributed by atoms with Crippen molar-refractivity contribution in [1.29, 1.82) is 0 Å². The Morgan fingerprint density at radius 2 is 1.75 bits per heavy atom. The van der Waals surface area contributed by atoms with Gasteiger partial charge in [-0.05, 0) is 32.9 Å². The Morgan fingerprint density at radius 1 is 1.04 bits per heavy atom. The summed E-state index contributed by atoms with van der Waals surface area (Å²) in [6.45, 7) is 5.28. The first kappa shape index (κ1) is 16.0. The van der Waals surface area contributed by atoms with Crippen LogP contribution >= 0.6 is 0 Å². The third-order valence-corrected chi connectivity index (χ3v) is 3.74. The molecule has 0 spiro atoms. The number of fused-ring (bicyclic) bond motifs is 1. The minimum absolute atomic E-state index is 0.144. The van der Waals surface area contributed by atoms with Gasteiger partial charge in [-0.15, -0.1) is 0 Å². The van der Waals surface area contributed by atoms with Gasteiger partial charge in [-0.1, -0.05) is 36.4 Å². The lowest BCUT2D eigenvalue weighted by atomic mass is 10.0. The molecule has 122 valence electrons. The normalized spacial score (nSPS) is 11.0. The molecule has 1 heterocycles. The first-order valence-electron chi connectivity index (χ1n) is 7.82. The van der Waals surface area contributed by atoms with Crippen molar-refractivity contribution in [3.8, 4) is 11.3 Å². The van der Waals surface area contributed by atoms with Crippen molar-refractivity contribution in [3.63, 3.8) is 0 Å². The molecule has 0 amide bonds. The number of carbonyl (C=O) groups excluding carboxylic acids is 1. The summed E-state index contributed by atoms with van der Waals surface area (Å²) < 4.78 is 11.3. The highest BCUT2D eigenvalue weighted by Gasteiger charge is 2.19. The Morgan fingerprint density at radius 3 is 2.42 bits per heavy atom. The molecular weight excluding hydrogens is 304 g/mol. The molecule has 0 aliphatic rings. The van der Waals surface area contributed by atoms with Crippen LogP contribution in [0.4, 0.5) is 0 Å². The van der Waals surface area contributed by atoms with Crippen LogP contribution in [-0.2, 0) is 4.74 Å². The number of carbonyl (C=O) groups is 1. The molecule has 0 N–H and O–H groups in total. The van der Waals surface area contributed by atoms with Gasteiger partial charge in [0.05, 0.1) is 11.5 Å². The zero-order valence-corrected chi connectivity index (χ0v) is 13.8. The molecule has 2 aromatic carbocycles. The highest BCUT2D eigenvalue weighted by Crippen LogP contribution is 2.27. The van der Waals surface area contributed by atoms with E-state index in [1.807, 2.05) is 30.3 Å². The van der Waals surface area contributed by atoms with Crippen molar-refractivity contribution in [2.24, 2.45) is 0 Å². The van der Waals surface area contributed by atoms with E-state index in [1.54, 1.807) is 39.0 Å². The second-order valence-electron chi connectivity index (χ2n) is 5.89. The van der Waals surface area contributed by atoms with Gasteiger partial charge in [0.2, 0.25) is 0 Å². The standard InChI is InChI=1S/C20H18O4/c1-12(2)23-20(22)16-11-7-10-15-17(21)13(3)18(24-19(15)16)14-8-5-4-6-9-14/h4-12H,1-3H3. The summed E-state index contributed by atoms with van der Waals surface area (Å²) in [7, 11) is 0. The molecule has 4 nitrogen and oxygen atoms in total. The van der Waals surface area contributed by atoms with Crippen LogP contribution < -0.4 is 5.43 Å². The zero-order chi connectivity index (χ0) is 17.3. The van der Waals surface area contributed by atoms with Crippen LogP contribution in [0.2, 0.25) is 0 Å². The van der Waals surface area contributed by atoms with Gasteiger partial charge in [-0.2, -0.15) is 0 Å². The second kappa shape index (κ2) is 6.32. The molecule has 0 fully saturated rings. The molecule has 0 aliphatic carbocycles. The third-order valence-electron chi connectivity index (χ3n) is 3.74. The van der Waals surface area contributed by atoms with Crippen molar-refractivity contribution in [3.05, 3.63) is 69.9 Å². The van der Waals surface area contributed by atoms with Gasteiger partial charge >= 0.3 is 5.97 Å². The number of esters is 1. The van der Waals surface area contributed by atoms with Gasteiger partial charge in [0.25, 0.3) is 0 Å². The molecule has 0 aliphatic heterocycles. The number of para-hydroxylation sites is 1. The lowest BCUT2D eigenvalue weighted by Crippen LogP contribution is -2.14. The number of benzene rings is 2. The molecule has 0 radical (unpaired) electrons. The predicted molar refractivity (Wildman–Crippen MR) is 93.2 cm³/mol. The van der Waals surface area contributed by atoms with Crippen LogP contribution in [0.1, 0.15) is 29.8 Å². The quantitative estimate of drug-likeness (QED) is 0.673. The average Bonchev–Trinajstić information content (AvgIpc) is 2.57. The maximum Gasteiger partial charge on any atom is 0.342 e. The first-order chi connectivity index (χ1) is 11.5. The number of hydrogen-bond acceptors (Lipinski definition) is 4. The van der Waals surface area contributed by atoms with Crippen LogP contribution in [-0.4, -0.2) is 12.1 Å². The van der Waals surface area contributed by atoms with E-state index in [0.717, 1.165) is 5.56 Å². The van der Waals surface area contributed by atoms with Gasteiger partial charge in [-0.3, -0.25) is 4.79 Å². The predicted octanol–water partition coefficient (Wildman–Crippen LogP) is 4.33. The summed E-state index contributed by atoms with van der Waals surface area (Å²) in [6.07, 6.45) is -0.251. The third kappa shape index (κ3) is 2.83. The average molecular weight is 322 g/mol. The molecule has 0 unspecified atom stereocenters. The number of hydrogen-bond donors (Lipinski definition) is 0. The van der Waals surface area contributed by atoms with Crippen molar-refractivity contribution < 1.29 is 13.9 Å². The van der Waals surface area contributed by atoms with E-state index < -0.39 is 5.97 Å². The smallest absolute Gasteiger partial charge is 0.342 e. The van der Waals surface area contributed by atoms with Crippen molar-refractivity contribution in [2.45, 2.75) is 26.9 Å². The second-order valence-corrected chi connectivity index (χ2v) is 5.89. The highest BCUT2D eigenvalue weighted by atomic mass is 16.5. The minimum atomic E-state index is -0.499. The number of rotatable bonds is 3. The topological polar surface area (TPSA) is 56.5 Å². The largest absolute Gasteiger partial charge is 0.459 e. The van der Waals surface area contributed by atoms with Crippen LogP contribution in [0.15, 0.2) is 57.7 Å².